The molecule has 0 aromatic rings. The van der Waals surface area contributed by atoms with E-state index in [9.17, 15) is 0 Å². The van der Waals surface area contributed by atoms with Crippen LogP contribution in [-0.4, -0.2) is 5.96 Å². The summed E-state index contributed by atoms with van der Waals surface area (Å²) in [5.41, 5.74) is 8.94. The number of halogens is 2. The first kappa shape index (κ1) is 24.9. The summed E-state index contributed by atoms with van der Waals surface area (Å²) in [7, 11) is 0. The van der Waals surface area contributed by atoms with E-state index >= 15 is 0 Å². The molecule has 0 heterocycles. The third-order valence-corrected chi connectivity index (χ3v) is 0. The van der Waals surface area contributed by atoms with Crippen LogP contribution in [0.25, 0.3) is 0 Å². The molecule has 0 aliphatic rings. The second-order valence-corrected chi connectivity index (χ2v) is 0.455. The molecule has 0 amide bonds. The van der Waals surface area contributed by atoms with Crippen LogP contribution in [0.2, 0.25) is 0 Å². The molecule has 0 fully saturated rings. The van der Waals surface area contributed by atoms with E-state index in [1.54, 1.807) is 0 Å². The molecule has 0 radical (unpaired) electrons. The molecule has 0 aromatic carbocycles. The summed E-state index contributed by atoms with van der Waals surface area (Å²) in [6.07, 6.45) is 0. The van der Waals surface area contributed by atoms with Gasteiger partial charge in [0.25, 0.3) is 0 Å². The fourth-order valence-corrected chi connectivity index (χ4v) is 0. The third kappa shape index (κ3) is 223. The zero-order valence-electron chi connectivity index (χ0n) is 3.94. The SMILES string of the molecule is Cl.N=C(N)N.[Cl-].[Na+]. The maximum Gasteiger partial charge on any atom is 1.00 e. The van der Waals surface area contributed by atoms with Gasteiger partial charge in [-0.1, -0.05) is 0 Å². The molecular formula is CH6Cl2N3Na. The first-order chi connectivity index (χ1) is 1.73. The Balaban J connectivity index is -0.0000000150. The first-order valence-electron chi connectivity index (χ1n) is 0.827. The molecular weight excluding hydrogens is 148 g/mol. The number of guanidine groups is 1. The van der Waals surface area contributed by atoms with Gasteiger partial charge in [-0.05, 0) is 0 Å². The van der Waals surface area contributed by atoms with E-state index in [4.69, 9.17) is 5.41 Å². The van der Waals surface area contributed by atoms with Crippen molar-refractivity contribution in [1.29, 1.82) is 5.41 Å². The van der Waals surface area contributed by atoms with Crippen molar-refractivity contribution in [2.24, 2.45) is 11.5 Å². The second kappa shape index (κ2) is 15.8. The van der Waals surface area contributed by atoms with E-state index in [-0.39, 0.29) is 60.3 Å². The fraction of sp³-hybridized carbons (Fsp3) is 0. The summed E-state index contributed by atoms with van der Waals surface area (Å²) in [6.45, 7) is 0. The van der Waals surface area contributed by atoms with Crippen LogP contribution in [0.3, 0.4) is 0 Å². The first-order valence-corrected chi connectivity index (χ1v) is 0.827. The Hall–Kier alpha value is 0.850. The molecule has 0 aromatic heterocycles. The molecule has 0 spiro atoms. The predicted molar refractivity (Wildman–Crippen MR) is 23.3 cm³/mol. The van der Waals surface area contributed by atoms with Gasteiger partial charge >= 0.3 is 29.6 Å². The van der Waals surface area contributed by atoms with Crippen molar-refractivity contribution in [3.8, 4) is 0 Å². The average molecular weight is 154 g/mol. The van der Waals surface area contributed by atoms with Gasteiger partial charge in [-0.2, -0.15) is 0 Å². The van der Waals surface area contributed by atoms with E-state index < -0.39 is 0 Å². The van der Waals surface area contributed by atoms with Crippen molar-refractivity contribution < 1.29 is 42.0 Å². The molecule has 40 valence electrons. The van der Waals surface area contributed by atoms with Gasteiger partial charge in [-0.25, -0.2) is 0 Å². The topological polar surface area (TPSA) is 75.9 Å². The summed E-state index contributed by atoms with van der Waals surface area (Å²) in [5, 5.41) is 6.06. The van der Waals surface area contributed by atoms with Crippen molar-refractivity contribution in [1.82, 2.24) is 0 Å². The Morgan fingerprint density at radius 2 is 1.29 bits per heavy atom. The van der Waals surface area contributed by atoms with E-state index in [1.807, 2.05) is 0 Å². The van der Waals surface area contributed by atoms with Crippen LogP contribution >= 0.6 is 12.4 Å². The zero-order valence-corrected chi connectivity index (χ0v) is 7.51. The summed E-state index contributed by atoms with van der Waals surface area (Å²) in [5.74, 6) is -0.333. The number of rotatable bonds is 0. The van der Waals surface area contributed by atoms with Crippen LogP contribution in [0.1, 0.15) is 0 Å². The predicted octanol–water partition coefficient (Wildman–Crippen LogP) is -6.73. The van der Waals surface area contributed by atoms with Crippen LogP contribution in [-0.2, 0) is 0 Å². The molecule has 0 aliphatic carbocycles. The quantitative estimate of drug-likeness (QED) is 0.184. The molecule has 5 N–H and O–H groups in total. The van der Waals surface area contributed by atoms with Crippen molar-refractivity contribution in [3.63, 3.8) is 0 Å². The number of nitrogens with one attached hydrogen (secondary N) is 1. The van der Waals surface area contributed by atoms with Crippen LogP contribution < -0.4 is 53.4 Å². The van der Waals surface area contributed by atoms with Gasteiger partial charge in [0.05, 0.1) is 0 Å². The average Bonchev–Trinajstić information content (AvgIpc) is 0.811. The standard InChI is InChI=1S/CH5N3.2ClH.Na/c2-1(3)4;;;/h(H5,2,3,4);2*1H;/q;;;+1/p-1. The molecule has 0 saturated heterocycles. The van der Waals surface area contributed by atoms with Crippen LogP contribution in [0.15, 0.2) is 0 Å². The summed E-state index contributed by atoms with van der Waals surface area (Å²) in [4.78, 5) is 0. The molecule has 0 bridgehead atoms. The normalized spacial score (nSPS) is 3.43. The number of nitrogens with two attached hydrogens (primary N) is 2. The molecule has 0 aliphatic heterocycles. The molecule has 7 heavy (non-hydrogen) atoms. The van der Waals surface area contributed by atoms with Crippen molar-refractivity contribution in [2.45, 2.75) is 0 Å². The summed E-state index contributed by atoms with van der Waals surface area (Å²) in [6, 6.07) is 0. The van der Waals surface area contributed by atoms with Crippen LogP contribution in [0.5, 0.6) is 0 Å². The minimum absolute atomic E-state index is 0. The Morgan fingerprint density at radius 3 is 1.29 bits per heavy atom. The zero-order chi connectivity index (χ0) is 3.58. The van der Waals surface area contributed by atoms with Crippen LogP contribution in [0, 0.1) is 5.41 Å². The molecule has 0 atom stereocenters. The number of hydrogen-bond donors (Lipinski definition) is 3. The molecule has 0 saturated carbocycles. The van der Waals surface area contributed by atoms with Crippen molar-refractivity contribution >= 4 is 18.4 Å². The van der Waals surface area contributed by atoms with Crippen LogP contribution in [0.4, 0.5) is 0 Å². The molecule has 0 rings (SSSR count). The Morgan fingerprint density at radius 1 is 1.29 bits per heavy atom. The van der Waals surface area contributed by atoms with Crippen molar-refractivity contribution in [3.05, 3.63) is 0 Å². The third-order valence-electron chi connectivity index (χ3n) is 0. The monoisotopic (exact) mass is 153 g/mol. The smallest absolute Gasteiger partial charge is 1.00 e. The maximum absolute atomic E-state index is 6.06. The van der Waals surface area contributed by atoms with Gasteiger partial charge in [0.2, 0.25) is 0 Å². The molecule has 6 heteroatoms. The van der Waals surface area contributed by atoms with E-state index in [2.05, 4.69) is 11.5 Å². The number of hydrogen-bond acceptors (Lipinski definition) is 1. The maximum atomic E-state index is 6.06. The van der Waals surface area contributed by atoms with Gasteiger partial charge in [-0.3, -0.25) is 5.41 Å². The van der Waals surface area contributed by atoms with Gasteiger partial charge in [0, 0.05) is 0 Å². The van der Waals surface area contributed by atoms with E-state index in [0.717, 1.165) is 0 Å². The summed E-state index contributed by atoms with van der Waals surface area (Å²) < 4.78 is 0. The van der Waals surface area contributed by atoms with E-state index in [1.165, 1.54) is 0 Å². The van der Waals surface area contributed by atoms with Gasteiger partial charge in [0.15, 0.2) is 5.96 Å². The van der Waals surface area contributed by atoms with E-state index in [0.29, 0.717) is 0 Å². The minimum atomic E-state index is -0.333. The van der Waals surface area contributed by atoms with Gasteiger partial charge < -0.3 is 23.9 Å². The molecule has 3 nitrogen and oxygen atoms in total. The van der Waals surface area contributed by atoms with Crippen molar-refractivity contribution in [2.75, 3.05) is 0 Å². The Kier molecular flexibility index (Phi) is 56.1. The second-order valence-electron chi connectivity index (χ2n) is 0.455. The van der Waals surface area contributed by atoms with Gasteiger partial charge in [0.1, 0.15) is 0 Å². The Labute approximate surface area is 76.8 Å². The minimum Gasteiger partial charge on any atom is -1.00 e. The molecule has 0 unspecified atom stereocenters. The summed E-state index contributed by atoms with van der Waals surface area (Å²) >= 11 is 0. The largest absolute Gasteiger partial charge is 1.00 e. The Bertz CT molecular complexity index is 35.9. The fourth-order valence-electron chi connectivity index (χ4n) is 0. The van der Waals surface area contributed by atoms with Gasteiger partial charge in [-0.15, -0.1) is 12.4 Å².